The number of hydrogen-bond acceptors (Lipinski definition) is 5. The summed E-state index contributed by atoms with van der Waals surface area (Å²) in [6.07, 6.45) is 1.35. The van der Waals surface area contributed by atoms with Gasteiger partial charge in [-0.3, -0.25) is 4.79 Å². The summed E-state index contributed by atoms with van der Waals surface area (Å²) in [4.78, 5) is 13.6. The van der Waals surface area contributed by atoms with Crippen LogP contribution in [0.4, 0.5) is 5.69 Å². The average Bonchev–Trinajstić information content (AvgIpc) is 2.47. The van der Waals surface area contributed by atoms with Crippen molar-refractivity contribution in [2.24, 2.45) is 0 Å². The molecule has 0 heterocycles. The fourth-order valence-electron chi connectivity index (χ4n) is 1.72. The van der Waals surface area contributed by atoms with Gasteiger partial charge in [-0.15, -0.1) is 0 Å². The number of aliphatic hydroxyl groups is 2. The number of nitriles is 1. The first-order valence-electron chi connectivity index (χ1n) is 6.57. The minimum atomic E-state index is -0.521. The number of nitrogens with zero attached hydrogens (tertiary/aromatic N) is 2. The molecular weight excluding hydrogens is 270 g/mol. The van der Waals surface area contributed by atoms with Crippen LogP contribution in [-0.2, 0) is 4.79 Å². The Kier molecular flexibility index (Phi) is 6.95. The van der Waals surface area contributed by atoms with Gasteiger partial charge in [0.2, 0.25) is 0 Å². The maximum Gasteiger partial charge on any atom is 0.267 e. The van der Waals surface area contributed by atoms with Crippen molar-refractivity contribution >= 4 is 11.6 Å². The van der Waals surface area contributed by atoms with E-state index in [9.17, 15) is 4.79 Å². The Balaban J connectivity index is 2.86. The number of carbonyl (C=O) groups is 1. The van der Waals surface area contributed by atoms with Crippen LogP contribution in [0.25, 0.3) is 0 Å². The van der Waals surface area contributed by atoms with E-state index < -0.39 is 5.91 Å². The fourth-order valence-corrected chi connectivity index (χ4v) is 1.72. The summed E-state index contributed by atoms with van der Waals surface area (Å²) in [7, 11) is 0. The third kappa shape index (κ3) is 5.26. The molecule has 6 nitrogen and oxygen atoms in total. The molecule has 0 fully saturated rings. The lowest BCUT2D eigenvalue weighted by Crippen LogP contribution is -2.26. The Morgan fingerprint density at radius 1 is 1.33 bits per heavy atom. The van der Waals surface area contributed by atoms with Crippen molar-refractivity contribution < 1.29 is 15.0 Å². The van der Waals surface area contributed by atoms with E-state index in [0.717, 1.165) is 5.56 Å². The van der Waals surface area contributed by atoms with E-state index in [0.29, 0.717) is 5.69 Å². The molecule has 0 aromatic heterocycles. The average molecular weight is 289 g/mol. The number of anilines is 1. The maximum absolute atomic E-state index is 12.1. The Hall–Kier alpha value is -2.36. The first-order valence-corrected chi connectivity index (χ1v) is 6.57. The van der Waals surface area contributed by atoms with Crippen LogP contribution in [0.3, 0.4) is 0 Å². The van der Waals surface area contributed by atoms with E-state index in [2.05, 4.69) is 5.32 Å². The monoisotopic (exact) mass is 289 g/mol. The van der Waals surface area contributed by atoms with Crippen LogP contribution in [0, 0.1) is 18.3 Å². The molecule has 0 saturated carbocycles. The van der Waals surface area contributed by atoms with Crippen molar-refractivity contribution in [3.05, 3.63) is 41.6 Å². The number of carbonyl (C=O) groups excluding carboxylic acids is 1. The van der Waals surface area contributed by atoms with Gasteiger partial charge in [0.1, 0.15) is 11.6 Å². The van der Waals surface area contributed by atoms with Gasteiger partial charge in [0.25, 0.3) is 5.91 Å². The number of para-hydroxylation sites is 1. The van der Waals surface area contributed by atoms with Gasteiger partial charge in [0.15, 0.2) is 0 Å². The normalized spacial score (nSPS) is 10.9. The Morgan fingerprint density at radius 2 is 1.95 bits per heavy atom. The van der Waals surface area contributed by atoms with Crippen LogP contribution < -0.4 is 5.32 Å². The molecule has 112 valence electrons. The fraction of sp³-hybridized carbons (Fsp3) is 0.333. The predicted molar refractivity (Wildman–Crippen MR) is 79.2 cm³/mol. The number of benzene rings is 1. The molecule has 0 aliphatic carbocycles. The van der Waals surface area contributed by atoms with E-state index in [1.165, 1.54) is 11.1 Å². The van der Waals surface area contributed by atoms with Crippen molar-refractivity contribution in [2.45, 2.75) is 6.92 Å². The van der Waals surface area contributed by atoms with Crippen molar-refractivity contribution in [1.82, 2.24) is 4.90 Å². The molecule has 0 aliphatic rings. The summed E-state index contributed by atoms with van der Waals surface area (Å²) in [5, 5.41) is 29.6. The van der Waals surface area contributed by atoms with Gasteiger partial charge in [-0.1, -0.05) is 18.2 Å². The number of amides is 1. The lowest BCUT2D eigenvalue weighted by molar-refractivity contribution is -0.112. The molecule has 0 spiro atoms. The third-order valence-corrected chi connectivity index (χ3v) is 2.84. The maximum atomic E-state index is 12.1. The van der Waals surface area contributed by atoms with Crippen molar-refractivity contribution in [2.75, 3.05) is 31.6 Å². The van der Waals surface area contributed by atoms with Crippen LogP contribution in [0.2, 0.25) is 0 Å². The highest BCUT2D eigenvalue weighted by atomic mass is 16.3. The Bertz CT molecular complexity index is 543. The molecule has 0 bridgehead atoms. The van der Waals surface area contributed by atoms with Gasteiger partial charge in [0.05, 0.1) is 13.2 Å². The van der Waals surface area contributed by atoms with Gasteiger partial charge in [0, 0.05) is 25.0 Å². The van der Waals surface area contributed by atoms with E-state index in [-0.39, 0.29) is 31.9 Å². The van der Waals surface area contributed by atoms with Crippen LogP contribution in [0.15, 0.2) is 36.0 Å². The van der Waals surface area contributed by atoms with Crippen LogP contribution in [-0.4, -0.2) is 47.3 Å². The van der Waals surface area contributed by atoms with Crippen LogP contribution in [0.1, 0.15) is 5.56 Å². The second-order valence-corrected chi connectivity index (χ2v) is 4.41. The molecule has 1 aromatic rings. The van der Waals surface area contributed by atoms with E-state index in [1.54, 1.807) is 12.1 Å². The van der Waals surface area contributed by atoms with Crippen molar-refractivity contribution in [3.63, 3.8) is 0 Å². The number of nitrogens with one attached hydrogen (secondary N) is 1. The highest BCUT2D eigenvalue weighted by molar-refractivity contribution is 6.06. The molecule has 3 N–H and O–H groups in total. The SMILES string of the molecule is Cc1ccccc1NC(=O)/C(C#N)=C\N(CCO)CCO. The number of rotatable bonds is 7. The van der Waals surface area contributed by atoms with Crippen LogP contribution in [0.5, 0.6) is 0 Å². The molecule has 1 rings (SSSR count). The largest absolute Gasteiger partial charge is 0.395 e. The molecular formula is C15H19N3O3. The summed E-state index contributed by atoms with van der Waals surface area (Å²) in [5.41, 5.74) is 1.45. The van der Waals surface area contributed by atoms with Gasteiger partial charge >= 0.3 is 0 Å². The standard InChI is InChI=1S/C15H19N3O3/c1-12-4-2-3-5-14(12)17-15(21)13(10-16)11-18(6-8-19)7-9-20/h2-5,11,19-20H,6-9H2,1H3,(H,17,21)/b13-11-. The van der Waals surface area contributed by atoms with E-state index >= 15 is 0 Å². The summed E-state index contributed by atoms with van der Waals surface area (Å²) in [6.45, 7) is 2.07. The molecule has 0 saturated heterocycles. The van der Waals surface area contributed by atoms with Gasteiger partial charge < -0.3 is 20.4 Å². The molecule has 0 aliphatic heterocycles. The zero-order chi connectivity index (χ0) is 15.7. The van der Waals surface area contributed by atoms with E-state index in [4.69, 9.17) is 15.5 Å². The highest BCUT2D eigenvalue weighted by Crippen LogP contribution is 2.14. The molecule has 6 heteroatoms. The summed E-state index contributed by atoms with van der Waals surface area (Å²) in [5.74, 6) is -0.521. The van der Waals surface area contributed by atoms with Crippen LogP contribution >= 0.6 is 0 Å². The third-order valence-electron chi connectivity index (χ3n) is 2.84. The first-order chi connectivity index (χ1) is 10.1. The summed E-state index contributed by atoms with van der Waals surface area (Å²) in [6, 6.07) is 9.09. The molecule has 1 aromatic carbocycles. The quantitative estimate of drug-likeness (QED) is 0.505. The van der Waals surface area contributed by atoms with Crippen molar-refractivity contribution in [1.29, 1.82) is 5.26 Å². The lowest BCUT2D eigenvalue weighted by atomic mass is 10.2. The first kappa shape index (κ1) is 16.7. The second-order valence-electron chi connectivity index (χ2n) is 4.41. The molecule has 1 amide bonds. The minimum Gasteiger partial charge on any atom is -0.395 e. The lowest BCUT2D eigenvalue weighted by Gasteiger charge is -2.18. The van der Waals surface area contributed by atoms with Gasteiger partial charge in [-0.05, 0) is 18.6 Å². The smallest absolute Gasteiger partial charge is 0.267 e. The number of aryl methyl sites for hydroxylation is 1. The zero-order valence-electron chi connectivity index (χ0n) is 11.9. The number of aliphatic hydroxyl groups excluding tert-OH is 2. The zero-order valence-corrected chi connectivity index (χ0v) is 11.9. The van der Waals surface area contributed by atoms with Crippen molar-refractivity contribution in [3.8, 4) is 6.07 Å². The molecule has 0 unspecified atom stereocenters. The van der Waals surface area contributed by atoms with Gasteiger partial charge in [-0.2, -0.15) is 5.26 Å². The predicted octanol–water partition coefficient (Wildman–Crippen LogP) is 0.628. The topological polar surface area (TPSA) is 96.6 Å². The Labute approximate surface area is 123 Å². The summed E-state index contributed by atoms with van der Waals surface area (Å²) < 4.78 is 0. The van der Waals surface area contributed by atoms with Gasteiger partial charge in [-0.25, -0.2) is 0 Å². The molecule has 21 heavy (non-hydrogen) atoms. The summed E-state index contributed by atoms with van der Waals surface area (Å²) >= 11 is 0. The van der Waals surface area contributed by atoms with E-state index in [1.807, 2.05) is 25.1 Å². The second kappa shape index (κ2) is 8.74. The number of hydrogen-bond donors (Lipinski definition) is 3. The molecule has 0 radical (unpaired) electrons. The minimum absolute atomic E-state index is 0.0832. The highest BCUT2D eigenvalue weighted by Gasteiger charge is 2.12. The Morgan fingerprint density at radius 3 is 2.48 bits per heavy atom. The molecule has 0 atom stereocenters.